The zero-order valence-corrected chi connectivity index (χ0v) is 14.8. The molecule has 2 saturated heterocycles. The van der Waals surface area contributed by atoms with E-state index in [-0.39, 0.29) is 18.2 Å². The minimum Gasteiger partial charge on any atom is -0.497 e. The van der Waals surface area contributed by atoms with E-state index in [1.54, 1.807) is 14.0 Å². The third kappa shape index (κ3) is 3.89. The van der Waals surface area contributed by atoms with Crippen molar-refractivity contribution in [2.75, 3.05) is 7.11 Å². The van der Waals surface area contributed by atoms with Crippen molar-refractivity contribution in [2.45, 2.75) is 63.8 Å². The molecule has 136 valence electrons. The predicted molar refractivity (Wildman–Crippen MR) is 88.9 cm³/mol. The minimum absolute atomic E-state index is 0.337. The lowest BCUT2D eigenvalue weighted by molar-refractivity contribution is -0.237. The van der Waals surface area contributed by atoms with E-state index < -0.39 is 18.2 Å². The molecule has 2 fully saturated rings. The van der Waals surface area contributed by atoms with Gasteiger partial charge in [-0.2, -0.15) is 0 Å². The van der Waals surface area contributed by atoms with Crippen LogP contribution in [0.2, 0.25) is 0 Å². The lowest BCUT2D eigenvalue weighted by Crippen LogP contribution is -2.36. The van der Waals surface area contributed by atoms with Gasteiger partial charge < -0.3 is 23.7 Å². The Bertz CT molecular complexity index is 644. The third-order valence-corrected chi connectivity index (χ3v) is 4.33. The molecule has 0 aromatic heterocycles. The number of methoxy groups -OCH3 is 1. The van der Waals surface area contributed by atoms with E-state index in [9.17, 15) is 0 Å². The molecule has 1 aromatic carbocycles. The minimum atomic E-state index is -0.727. The maximum Gasteiger partial charge on any atom is 0.187 e. The standard InChI is InChI=1S/C17H23N3O5/c1-10(19-20-18)13-14-15(25-17(2,3)24-14)16(23-13)22-9-11-5-7-12(21-4)8-6-11/h5-8,10,13-16H,9H2,1-4H3/t10-,13+,14-,15-,16-/m0/s1. The molecule has 0 spiro atoms. The lowest BCUT2D eigenvalue weighted by Gasteiger charge is -2.25. The first-order valence-electron chi connectivity index (χ1n) is 8.23. The molecule has 0 amide bonds. The molecule has 0 aliphatic carbocycles. The van der Waals surface area contributed by atoms with Crippen LogP contribution in [0.5, 0.6) is 5.75 Å². The van der Waals surface area contributed by atoms with E-state index in [1.165, 1.54) is 0 Å². The van der Waals surface area contributed by atoms with Crippen LogP contribution in [0.4, 0.5) is 0 Å². The quantitative estimate of drug-likeness (QED) is 0.446. The number of benzene rings is 1. The van der Waals surface area contributed by atoms with Crippen molar-refractivity contribution in [3.63, 3.8) is 0 Å². The summed E-state index contributed by atoms with van der Waals surface area (Å²) in [6.45, 7) is 5.86. The first-order chi connectivity index (χ1) is 11.9. The van der Waals surface area contributed by atoms with Crippen LogP contribution in [0, 0.1) is 0 Å². The normalized spacial score (nSPS) is 31.2. The number of hydrogen-bond donors (Lipinski definition) is 0. The van der Waals surface area contributed by atoms with Gasteiger partial charge >= 0.3 is 0 Å². The molecule has 5 atom stereocenters. The fourth-order valence-electron chi connectivity index (χ4n) is 3.16. The van der Waals surface area contributed by atoms with Crippen molar-refractivity contribution in [2.24, 2.45) is 5.11 Å². The van der Waals surface area contributed by atoms with Crippen LogP contribution in [0.1, 0.15) is 26.3 Å². The molecular formula is C17H23N3O5. The summed E-state index contributed by atoms with van der Waals surface area (Å²) in [7, 11) is 1.63. The van der Waals surface area contributed by atoms with E-state index in [2.05, 4.69) is 10.0 Å². The van der Waals surface area contributed by atoms with Crippen molar-refractivity contribution in [1.82, 2.24) is 0 Å². The highest BCUT2D eigenvalue weighted by molar-refractivity contribution is 5.26. The van der Waals surface area contributed by atoms with Crippen LogP contribution in [0.15, 0.2) is 29.4 Å². The smallest absolute Gasteiger partial charge is 0.187 e. The van der Waals surface area contributed by atoms with Crippen molar-refractivity contribution < 1.29 is 23.7 Å². The van der Waals surface area contributed by atoms with E-state index in [0.717, 1.165) is 11.3 Å². The molecule has 1 aromatic rings. The molecule has 25 heavy (non-hydrogen) atoms. The van der Waals surface area contributed by atoms with Crippen LogP contribution < -0.4 is 4.74 Å². The van der Waals surface area contributed by atoms with Gasteiger partial charge in [-0.15, -0.1) is 0 Å². The zero-order chi connectivity index (χ0) is 18.0. The molecule has 0 saturated carbocycles. The van der Waals surface area contributed by atoms with Gasteiger partial charge in [-0.1, -0.05) is 24.2 Å². The molecule has 2 aliphatic rings. The molecule has 0 radical (unpaired) electrons. The van der Waals surface area contributed by atoms with Crippen molar-refractivity contribution in [1.29, 1.82) is 0 Å². The van der Waals surface area contributed by atoms with Crippen molar-refractivity contribution >= 4 is 0 Å². The van der Waals surface area contributed by atoms with Gasteiger partial charge in [0.1, 0.15) is 18.0 Å². The van der Waals surface area contributed by atoms with Crippen LogP contribution in [0.3, 0.4) is 0 Å². The summed E-state index contributed by atoms with van der Waals surface area (Å²) in [5.74, 6) is 0.0632. The zero-order valence-electron chi connectivity index (χ0n) is 14.8. The first kappa shape index (κ1) is 18.0. The topological polar surface area (TPSA) is 94.9 Å². The largest absolute Gasteiger partial charge is 0.497 e. The molecule has 2 aliphatic heterocycles. The van der Waals surface area contributed by atoms with E-state index >= 15 is 0 Å². The predicted octanol–water partition coefficient (Wildman–Crippen LogP) is 3.16. The number of rotatable bonds is 6. The molecule has 0 N–H and O–H groups in total. The highest BCUT2D eigenvalue weighted by Gasteiger charge is 2.56. The van der Waals surface area contributed by atoms with Gasteiger partial charge in [0.15, 0.2) is 12.1 Å². The molecule has 2 heterocycles. The van der Waals surface area contributed by atoms with Gasteiger partial charge in [-0.25, -0.2) is 0 Å². The molecular weight excluding hydrogens is 326 g/mol. The first-order valence-corrected chi connectivity index (χ1v) is 8.23. The fraction of sp³-hybridized carbons (Fsp3) is 0.647. The SMILES string of the molecule is COc1ccc(CO[C@H]2O[C@H]([C@H](C)N=[N+]=[N-])[C@@H]3OC(C)(C)O[C@H]23)cc1. The Morgan fingerprint density at radius 1 is 1.24 bits per heavy atom. The van der Waals surface area contributed by atoms with Crippen LogP contribution >= 0.6 is 0 Å². The summed E-state index contributed by atoms with van der Waals surface area (Å²) >= 11 is 0. The Morgan fingerprint density at radius 2 is 1.92 bits per heavy atom. The van der Waals surface area contributed by atoms with Gasteiger partial charge in [-0.3, -0.25) is 0 Å². The second-order valence-electron chi connectivity index (χ2n) is 6.64. The molecule has 8 nitrogen and oxygen atoms in total. The monoisotopic (exact) mass is 349 g/mol. The Balaban J connectivity index is 1.68. The van der Waals surface area contributed by atoms with Gasteiger partial charge in [-0.05, 0) is 37.1 Å². The van der Waals surface area contributed by atoms with Gasteiger partial charge in [0.25, 0.3) is 0 Å². The summed E-state index contributed by atoms with van der Waals surface area (Å²) in [6, 6.07) is 7.23. The molecule has 0 bridgehead atoms. The van der Waals surface area contributed by atoms with E-state index in [0.29, 0.717) is 6.61 Å². The number of nitrogens with zero attached hydrogens (tertiary/aromatic N) is 3. The Kier molecular flexibility index (Phi) is 5.17. The average molecular weight is 349 g/mol. The van der Waals surface area contributed by atoms with Crippen LogP contribution in [-0.2, 0) is 25.6 Å². The Morgan fingerprint density at radius 3 is 2.56 bits per heavy atom. The number of fused-ring (bicyclic) bond motifs is 1. The van der Waals surface area contributed by atoms with Gasteiger partial charge in [0, 0.05) is 4.91 Å². The summed E-state index contributed by atoms with van der Waals surface area (Å²) in [5, 5.41) is 3.74. The van der Waals surface area contributed by atoms with E-state index in [1.807, 2.05) is 38.1 Å². The van der Waals surface area contributed by atoms with Crippen LogP contribution in [-0.4, -0.2) is 43.5 Å². The second kappa shape index (κ2) is 7.19. The molecule has 0 unspecified atom stereocenters. The van der Waals surface area contributed by atoms with E-state index in [4.69, 9.17) is 29.2 Å². The number of azide groups is 1. The lowest BCUT2D eigenvalue weighted by atomic mass is 10.1. The average Bonchev–Trinajstić information content (AvgIpc) is 3.07. The van der Waals surface area contributed by atoms with Gasteiger partial charge in [0.2, 0.25) is 0 Å². The summed E-state index contributed by atoms with van der Waals surface area (Å²) in [6.07, 6.45) is -1.70. The van der Waals surface area contributed by atoms with Crippen molar-refractivity contribution in [3.05, 3.63) is 40.3 Å². The third-order valence-electron chi connectivity index (χ3n) is 4.33. The van der Waals surface area contributed by atoms with Crippen molar-refractivity contribution in [3.8, 4) is 5.75 Å². The summed E-state index contributed by atoms with van der Waals surface area (Å²) in [4.78, 5) is 2.86. The maximum atomic E-state index is 8.69. The fourth-order valence-corrected chi connectivity index (χ4v) is 3.16. The highest BCUT2D eigenvalue weighted by atomic mass is 16.8. The number of hydrogen-bond acceptors (Lipinski definition) is 6. The summed E-state index contributed by atoms with van der Waals surface area (Å²) < 4.78 is 28.9. The Labute approximate surface area is 146 Å². The van der Waals surface area contributed by atoms with Gasteiger partial charge in [0.05, 0.1) is 25.9 Å². The molecule has 8 heteroatoms. The summed E-state index contributed by atoms with van der Waals surface area (Å²) in [5.41, 5.74) is 9.68. The highest BCUT2D eigenvalue weighted by Crippen LogP contribution is 2.40. The van der Waals surface area contributed by atoms with Crippen LogP contribution in [0.25, 0.3) is 10.4 Å². The Hall–Kier alpha value is -1.83. The molecule has 3 rings (SSSR count). The number of ether oxygens (including phenoxy) is 5. The maximum absolute atomic E-state index is 8.69. The second-order valence-corrected chi connectivity index (χ2v) is 6.64.